The van der Waals surface area contributed by atoms with Crippen molar-refractivity contribution in [3.63, 3.8) is 0 Å². The van der Waals surface area contributed by atoms with Crippen LogP contribution in [0, 0.1) is 0 Å². The van der Waals surface area contributed by atoms with Crippen LogP contribution >= 0.6 is 0 Å². The number of hydrogen-bond acceptors (Lipinski definition) is 4. The van der Waals surface area contributed by atoms with E-state index in [0.29, 0.717) is 12.1 Å². The summed E-state index contributed by atoms with van der Waals surface area (Å²) in [7, 11) is 3.40. The van der Waals surface area contributed by atoms with Crippen molar-refractivity contribution in [3.8, 4) is 11.5 Å². The number of benzene rings is 1. The quantitative estimate of drug-likeness (QED) is 0.898. The molecule has 1 aliphatic heterocycles. The summed E-state index contributed by atoms with van der Waals surface area (Å²) in [5.74, 6) is 1.72. The lowest BCUT2D eigenvalue weighted by atomic mass is 10.0. The molecule has 0 spiro atoms. The van der Waals surface area contributed by atoms with Crippen LogP contribution in [0.1, 0.15) is 26.7 Å². The Morgan fingerprint density at radius 3 is 2.60 bits per heavy atom. The third-order valence-corrected chi connectivity index (χ3v) is 4.16. The summed E-state index contributed by atoms with van der Waals surface area (Å²) >= 11 is 0. The number of rotatable bonds is 5. The zero-order valence-electron chi connectivity index (χ0n) is 13.0. The monoisotopic (exact) mass is 278 g/mol. The first-order valence-electron chi connectivity index (χ1n) is 7.45. The van der Waals surface area contributed by atoms with Crippen LogP contribution in [0.5, 0.6) is 11.5 Å². The lowest BCUT2D eigenvalue weighted by Gasteiger charge is -2.42. The maximum Gasteiger partial charge on any atom is 0.145 e. The highest BCUT2D eigenvalue weighted by Crippen LogP contribution is 2.34. The van der Waals surface area contributed by atoms with Crippen molar-refractivity contribution < 1.29 is 9.47 Å². The average molecular weight is 278 g/mol. The summed E-state index contributed by atoms with van der Waals surface area (Å²) in [5, 5.41) is 3.62. The van der Waals surface area contributed by atoms with Crippen LogP contribution in [0.4, 0.5) is 5.69 Å². The number of nitrogens with zero attached hydrogens (tertiary/aromatic N) is 1. The van der Waals surface area contributed by atoms with Gasteiger partial charge in [-0.3, -0.25) is 0 Å². The lowest BCUT2D eigenvalue weighted by Crippen LogP contribution is -2.56. The van der Waals surface area contributed by atoms with Crippen molar-refractivity contribution in [2.75, 3.05) is 32.2 Å². The molecule has 4 nitrogen and oxygen atoms in total. The average Bonchev–Trinajstić information content (AvgIpc) is 2.53. The second kappa shape index (κ2) is 6.84. The van der Waals surface area contributed by atoms with Gasteiger partial charge in [-0.1, -0.05) is 13.8 Å². The van der Waals surface area contributed by atoms with E-state index >= 15 is 0 Å². The fraction of sp³-hybridized carbons (Fsp3) is 0.625. The highest BCUT2D eigenvalue weighted by atomic mass is 16.5. The summed E-state index contributed by atoms with van der Waals surface area (Å²) in [4.78, 5) is 2.48. The summed E-state index contributed by atoms with van der Waals surface area (Å²) in [5.41, 5.74) is 1.17. The van der Waals surface area contributed by atoms with Crippen LogP contribution in [0.3, 0.4) is 0 Å². The Hall–Kier alpha value is -1.42. The summed E-state index contributed by atoms with van der Waals surface area (Å²) < 4.78 is 10.8. The second-order valence-electron chi connectivity index (χ2n) is 5.27. The van der Waals surface area contributed by atoms with Gasteiger partial charge in [0, 0.05) is 31.2 Å². The van der Waals surface area contributed by atoms with Gasteiger partial charge in [-0.2, -0.15) is 0 Å². The van der Waals surface area contributed by atoms with Gasteiger partial charge in [0.1, 0.15) is 11.5 Å². The molecule has 0 radical (unpaired) electrons. The molecule has 0 amide bonds. The minimum Gasteiger partial charge on any atom is -0.497 e. The number of nitrogens with one attached hydrogen (secondary N) is 1. The Bertz CT molecular complexity index is 436. The minimum atomic E-state index is 0.514. The van der Waals surface area contributed by atoms with E-state index in [-0.39, 0.29) is 0 Å². The molecule has 1 heterocycles. The van der Waals surface area contributed by atoms with Crippen molar-refractivity contribution in [2.45, 2.75) is 38.8 Å². The van der Waals surface area contributed by atoms with Crippen LogP contribution in [-0.2, 0) is 0 Å². The fourth-order valence-electron chi connectivity index (χ4n) is 2.82. The van der Waals surface area contributed by atoms with Crippen LogP contribution in [-0.4, -0.2) is 39.4 Å². The molecular formula is C16H26N2O2. The van der Waals surface area contributed by atoms with Crippen molar-refractivity contribution in [1.82, 2.24) is 5.32 Å². The number of hydrogen-bond donors (Lipinski definition) is 1. The third-order valence-electron chi connectivity index (χ3n) is 4.16. The standard InChI is InChI=1S/C16H26N2O2/c1-5-12-11-18(13(6-2)10-17-12)15-8-7-14(19-3)9-16(15)20-4/h7-9,12-13,17H,5-6,10-11H2,1-4H3. The number of anilines is 1. The highest BCUT2D eigenvalue weighted by Gasteiger charge is 2.27. The number of methoxy groups -OCH3 is 2. The zero-order chi connectivity index (χ0) is 14.5. The van der Waals surface area contributed by atoms with E-state index in [0.717, 1.165) is 37.4 Å². The molecule has 1 aliphatic rings. The van der Waals surface area contributed by atoms with Gasteiger partial charge in [0.2, 0.25) is 0 Å². The molecule has 1 aromatic carbocycles. The van der Waals surface area contributed by atoms with E-state index in [9.17, 15) is 0 Å². The third kappa shape index (κ3) is 3.01. The summed E-state index contributed by atoms with van der Waals surface area (Å²) in [6.45, 7) is 6.52. The molecule has 4 heteroatoms. The normalized spacial score (nSPS) is 22.7. The SMILES string of the molecule is CCC1CN(c2ccc(OC)cc2OC)C(CC)CN1. The number of ether oxygens (including phenoxy) is 2. The van der Waals surface area contributed by atoms with E-state index in [1.807, 2.05) is 12.1 Å². The molecule has 1 fully saturated rings. The predicted molar refractivity (Wildman–Crippen MR) is 83.1 cm³/mol. The van der Waals surface area contributed by atoms with E-state index in [1.54, 1.807) is 14.2 Å². The molecule has 1 N–H and O–H groups in total. The predicted octanol–water partition coefficient (Wildman–Crippen LogP) is 2.67. The van der Waals surface area contributed by atoms with Crippen molar-refractivity contribution in [1.29, 1.82) is 0 Å². The molecule has 2 rings (SSSR count). The molecule has 1 saturated heterocycles. The van der Waals surface area contributed by atoms with Crippen LogP contribution in [0.25, 0.3) is 0 Å². The molecule has 0 bridgehead atoms. The summed E-state index contributed by atoms with van der Waals surface area (Å²) in [6.07, 6.45) is 2.27. The highest BCUT2D eigenvalue weighted by molar-refractivity contribution is 5.62. The van der Waals surface area contributed by atoms with E-state index < -0.39 is 0 Å². The van der Waals surface area contributed by atoms with Gasteiger partial charge in [0.25, 0.3) is 0 Å². The maximum absolute atomic E-state index is 5.56. The first-order valence-corrected chi connectivity index (χ1v) is 7.45. The van der Waals surface area contributed by atoms with E-state index in [4.69, 9.17) is 9.47 Å². The molecule has 0 aromatic heterocycles. The maximum atomic E-state index is 5.56. The van der Waals surface area contributed by atoms with Gasteiger partial charge in [-0.05, 0) is 25.0 Å². The van der Waals surface area contributed by atoms with Gasteiger partial charge in [-0.25, -0.2) is 0 Å². The first-order chi connectivity index (χ1) is 9.73. The smallest absolute Gasteiger partial charge is 0.145 e. The largest absolute Gasteiger partial charge is 0.497 e. The topological polar surface area (TPSA) is 33.7 Å². The fourth-order valence-corrected chi connectivity index (χ4v) is 2.82. The van der Waals surface area contributed by atoms with Crippen molar-refractivity contribution in [3.05, 3.63) is 18.2 Å². The van der Waals surface area contributed by atoms with E-state index in [1.165, 1.54) is 5.69 Å². The molecular weight excluding hydrogens is 252 g/mol. The Labute approximate surface area is 122 Å². The molecule has 0 saturated carbocycles. The Balaban J connectivity index is 2.30. The molecule has 0 aliphatic carbocycles. The Kier molecular flexibility index (Phi) is 5.12. The molecule has 2 atom stereocenters. The zero-order valence-corrected chi connectivity index (χ0v) is 13.0. The van der Waals surface area contributed by atoms with Gasteiger partial charge in [0.05, 0.1) is 19.9 Å². The van der Waals surface area contributed by atoms with Gasteiger partial charge in [-0.15, -0.1) is 0 Å². The molecule has 2 unspecified atom stereocenters. The van der Waals surface area contributed by atoms with Gasteiger partial charge in [0.15, 0.2) is 0 Å². The minimum absolute atomic E-state index is 0.514. The lowest BCUT2D eigenvalue weighted by molar-refractivity contribution is 0.366. The van der Waals surface area contributed by atoms with Crippen LogP contribution in [0.2, 0.25) is 0 Å². The van der Waals surface area contributed by atoms with Gasteiger partial charge >= 0.3 is 0 Å². The van der Waals surface area contributed by atoms with Gasteiger partial charge < -0.3 is 19.7 Å². The summed E-state index contributed by atoms with van der Waals surface area (Å²) in [6, 6.07) is 7.14. The second-order valence-corrected chi connectivity index (χ2v) is 5.27. The van der Waals surface area contributed by atoms with E-state index in [2.05, 4.69) is 30.1 Å². The molecule has 20 heavy (non-hydrogen) atoms. The number of piperazine rings is 1. The van der Waals surface area contributed by atoms with Crippen molar-refractivity contribution in [2.24, 2.45) is 0 Å². The van der Waals surface area contributed by atoms with Crippen molar-refractivity contribution >= 4 is 5.69 Å². The Morgan fingerprint density at radius 1 is 1.20 bits per heavy atom. The first kappa shape index (κ1) is 15.0. The molecule has 112 valence electrons. The molecule has 1 aromatic rings. The van der Waals surface area contributed by atoms with Crippen LogP contribution in [0.15, 0.2) is 18.2 Å². The van der Waals surface area contributed by atoms with Crippen LogP contribution < -0.4 is 19.7 Å². The Morgan fingerprint density at radius 2 is 2.00 bits per heavy atom.